The van der Waals surface area contributed by atoms with Gasteiger partial charge in [-0.1, -0.05) is 20.8 Å². The van der Waals surface area contributed by atoms with E-state index in [-0.39, 0.29) is 0 Å². The third kappa shape index (κ3) is 3.59. The van der Waals surface area contributed by atoms with Crippen LogP contribution in [0.25, 0.3) is 0 Å². The van der Waals surface area contributed by atoms with Gasteiger partial charge in [0, 0.05) is 13.2 Å². The van der Waals surface area contributed by atoms with Crippen LogP contribution in [0, 0.1) is 17.8 Å². The number of aromatic nitrogens is 2. The van der Waals surface area contributed by atoms with Crippen LogP contribution in [0.4, 0.5) is 0 Å². The third-order valence-corrected chi connectivity index (χ3v) is 4.71. The highest BCUT2D eigenvalue weighted by Crippen LogP contribution is 2.38. The van der Waals surface area contributed by atoms with Gasteiger partial charge in [-0.05, 0) is 56.0 Å². The van der Waals surface area contributed by atoms with Crippen LogP contribution in [-0.2, 0) is 7.05 Å². The SMILES string of the molecule is CCNC(c1ccn(C)n1)C1CCC(C(C)C)CC1. The van der Waals surface area contributed by atoms with Gasteiger partial charge in [-0.25, -0.2) is 0 Å². The molecular formula is C16H29N3. The second-order valence-electron chi connectivity index (χ2n) is 6.37. The molecule has 0 spiro atoms. The highest BCUT2D eigenvalue weighted by atomic mass is 15.3. The molecule has 1 aromatic rings. The van der Waals surface area contributed by atoms with E-state index >= 15 is 0 Å². The lowest BCUT2D eigenvalue weighted by molar-refractivity contribution is 0.188. The molecule has 0 saturated heterocycles. The molecule has 108 valence electrons. The first-order chi connectivity index (χ1) is 9.11. The Labute approximate surface area is 117 Å². The predicted octanol–water partition coefficient (Wildman–Crippen LogP) is 3.53. The first-order valence-electron chi connectivity index (χ1n) is 7.84. The Morgan fingerprint density at radius 2 is 1.89 bits per heavy atom. The van der Waals surface area contributed by atoms with Gasteiger partial charge in [0.1, 0.15) is 0 Å². The van der Waals surface area contributed by atoms with Gasteiger partial charge in [-0.3, -0.25) is 4.68 Å². The fourth-order valence-corrected chi connectivity index (χ4v) is 3.48. The molecule has 0 amide bonds. The fraction of sp³-hybridized carbons (Fsp3) is 0.812. The topological polar surface area (TPSA) is 29.9 Å². The molecule has 19 heavy (non-hydrogen) atoms. The Balaban J connectivity index is 2.01. The standard InChI is InChI=1S/C16H29N3/c1-5-17-16(15-10-11-19(4)18-15)14-8-6-13(7-9-14)12(2)3/h10-14,16-17H,5-9H2,1-4H3. The molecule has 1 fully saturated rings. The molecule has 1 saturated carbocycles. The summed E-state index contributed by atoms with van der Waals surface area (Å²) in [5.74, 6) is 2.53. The highest BCUT2D eigenvalue weighted by Gasteiger charge is 2.30. The zero-order chi connectivity index (χ0) is 13.8. The van der Waals surface area contributed by atoms with E-state index < -0.39 is 0 Å². The summed E-state index contributed by atoms with van der Waals surface area (Å²) in [4.78, 5) is 0. The summed E-state index contributed by atoms with van der Waals surface area (Å²) in [6.07, 6.45) is 7.52. The first-order valence-corrected chi connectivity index (χ1v) is 7.84. The van der Waals surface area contributed by atoms with E-state index in [4.69, 9.17) is 0 Å². The maximum atomic E-state index is 4.61. The molecule has 0 aromatic carbocycles. The van der Waals surface area contributed by atoms with E-state index in [9.17, 15) is 0 Å². The summed E-state index contributed by atoms with van der Waals surface area (Å²) >= 11 is 0. The molecule has 2 rings (SSSR count). The van der Waals surface area contributed by atoms with Crippen molar-refractivity contribution >= 4 is 0 Å². The lowest BCUT2D eigenvalue weighted by atomic mass is 9.74. The largest absolute Gasteiger partial charge is 0.309 e. The van der Waals surface area contributed by atoms with Crippen LogP contribution >= 0.6 is 0 Å². The minimum Gasteiger partial charge on any atom is -0.309 e. The summed E-state index contributed by atoms with van der Waals surface area (Å²) in [6.45, 7) is 7.94. The van der Waals surface area contributed by atoms with Gasteiger partial charge in [0.05, 0.1) is 11.7 Å². The zero-order valence-corrected chi connectivity index (χ0v) is 12.9. The summed E-state index contributed by atoms with van der Waals surface area (Å²) in [5.41, 5.74) is 1.22. The Kier molecular flexibility index (Phi) is 5.03. The molecule has 1 N–H and O–H groups in total. The fourth-order valence-electron chi connectivity index (χ4n) is 3.48. The molecule has 3 nitrogen and oxygen atoms in total. The van der Waals surface area contributed by atoms with Gasteiger partial charge in [0.2, 0.25) is 0 Å². The average Bonchev–Trinajstić information content (AvgIpc) is 2.82. The second-order valence-corrected chi connectivity index (χ2v) is 6.37. The van der Waals surface area contributed by atoms with Crippen LogP contribution < -0.4 is 5.32 Å². The highest BCUT2D eigenvalue weighted by molar-refractivity contribution is 5.07. The van der Waals surface area contributed by atoms with E-state index in [2.05, 4.69) is 43.4 Å². The van der Waals surface area contributed by atoms with E-state index in [1.807, 2.05) is 11.7 Å². The van der Waals surface area contributed by atoms with Crippen molar-refractivity contribution in [2.45, 2.75) is 52.5 Å². The predicted molar refractivity (Wildman–Crippen MR) is 79.9 cm³/mol. The lowest BCUT2D eigenvalue weighted by Crippen LogP contribution is -2.32. The Morgan fingerprint density at radius 3 is 2.37 bits per heavy atom. The number of nitrogens with one attached hydrogen (secondary N) is 1. The Hall–Kier alpha value is -0.830. The normalized spacial score (nSPS) is 25.7. The van der Waals surface area contributed by atoms with Crippen LogP contribution in [0.5, 0.6) is 0 Å². The number of nitrogens with zero attached hydrogens (tertiary/aromatic N) is 2. The van der Waals surface area contributed by atoms with Crippen molar-refractivity contribution in [1.82, 2.24) is 15.1 Å². The quantitative estimate of drug-likeness (QED) is 0.880. The molecule has 1 aromatic heterocycles. The van der Waals surface area contributed by atoms with E-state index in [0.717, 1.165) is 24.3 Å². The van der Waals surface area contributed by atoms with Gasteiger partial charge < -0.3 is 5.32 Å². The summed E-state index contributed by atoms with van der Waals surface area (Å²) in [6, 6.07) is 2.61. The number of rotatable bonds is 5. The smallest absolute Gasteiger partial charge is 0.0796 e. The van der Waals surface area contributed by atoms with Crippen molar-refractivity contribution in [2.24, 2.45) is 24.8 Å². The lowest BCUT2D eigenvalue weighted by Gasteiger charge is -2.35. The van der Waals surface area contributed by atoms with E-state index in [0.29, 0.717) is 6.04 Å². The van der Waals surface area contributed by atoms with Gasteiger partial charge in [-0.2, -0.15) is 5.10 Å². The maximum absolute atomic E-state index is 4.61. The molecule has 1 atom stereocenters. The van der Waals surface area contributed by atoms with Crippen LogP contribution in [0.3, 0.4) is 0 Å². The third-order valence-electron chi connectivity index (χ3n) is 4.71. The minimum atomic E-state index is 0.444. The monoisotopic (exact) mass is 263 g/mol. The van der Waals surface area contributed by atoms with Crippen molar-refractivity contribution in [3.63, 3.8) is 0 Å². The van der Waals surface area contributed by atoms with E-state index in [1.54, 1.807) is 0 Å². The molecule has 1 aliphatic carbocycles. The molecule has 0 aliphatic heterocycles. The Morgan fingerprint density at radius 1 is 1.26 bits per heavy atom. The molecule has 0 bridgehead atoms. The van der Waals surface area contributed by atoms with Crippen molar-refractivity contribution in [2.75, 3.05) is 6.54 Å². The Bertz CT molecular complexity index is 375. The van der Waals surface area contributed by atoms with Gasteiger partial charge in [0.25, 0.3) is 0 Å². The second kappa shape index (κ2) is 6.56. The summed E-state index contributed by atoms with van der Waals surface area (Å²) in [7, 11) is 2.00. The molecule has 1 unspecified atom stereocenters. The first kappa shape index (κ1) is 14.6. The zero-order valence-electron chi connectivity index (χ0n) is 12.9. The van der Waals surface area contributed by atoms with Crippen molar-refractivity contribution in [3.05, 3.63) is 18.0 Å². The van der Waals surface area contributed by atoms with Gasteiger partial charge >= 0.3 is 0 Å². The van der Waals surface area contributed by atoms with Crippen LogP contribution in [0.2, 0.25) is 0 Å². The van der Waals surface area contributed by atoms with Crippen molar-refractivity contribution in [1.29, 1.82) is 0 Å². The molecule has 3 heteroatoms. The van der Waals surface area contributed by atoms with Crippen molar-refractivity contribution in [3.8, 4) is 0 Å². The maximum Gasteiger partial charge on any atom is 0.0796 e. The van der Waals surface area contributed by atoms with Crippen LogP contribution in [0.15, 0.2) is 12.3 Å². The van der Waals surface area contributed by atoms with E-state index in [1.165, 1.54) is 31.4 Å². The van der Waals surface area contributed by atoms with Gasteiger partial charge in [-0.15, -0.1) is 0 Å². The molecular weight excluding hydrogens is 234 g/mol. The molecule has 1 heterocycles. The van der Waals surface area contributed by atoms with Crippen molar-refractivity contribution < 1.29 is 0 Å². The average molecular weight is 263 g/mol. The number of hydrogen-bond donors (Lipinski definition) is 1. The van der Waals surface area contributed by atoms with Crippen LogP contribution in [0.1, 0.15) is 58.2 Å². The van der Waals surface area contributed by atoms with Crippen LogP contribution in [-0.4, -0.2) is 16.3 Å². The number of hydrogen-bond acceptors (Lipinski definition) is 2. The molecule has 0 radical (unpaired) electrons. The summed E-state index contributed by atoms with van der Waals surface area (Å²) in [5, 5.41) is 8.26. The minimum absolute atomic E-state index is 0.444. The molecule has 1 aliphatic rings. The van der Waals surface area contributed by atoms with Gasteiger partial charge in [0.15, 0.2) is 0 Å². The number of aryl methyl sites for hydroxylation is 1. The summed E-state index contributed by atoms with van der Waals surface area (Å²) < 4.78 is 1.92.